The standard InChI is InChI=1S/C9H28Si4/c1-10(2)9(11(3)4,12(5)6)13(7)8/h10-13H,1-8H3. The van der Waals surface area contributed by atoms with Crippen LogP contribution < -0.4 is 0 Å². The van der Waals surface area contributed by atoms with Crippen LogP contribution in [-0.4, -0.2) is 35.2 Å². The largest absolute Gasteiger partial charge is 0.0724 e. The Morgan fingerprint density at radius 2 is 0.615 bits per heavy atom. The third kappa shape index (κ3) is 2.46. The van der Waals surface area contributed by atoms with E-state index in [0.717, 1.165) is 3.91 Å². The molecule has 0 aromatic rings. The van der Waals surface area contributed by atoms with Gasteiger partial charge in [0.2, 0.25) is 0 Å². The van der Waals surface area contributed by atoms with Crippen LogP contribution in [0.25, 0.3) is 0 Å². The Hall–Kier alpha value is 0.868. The van der Waals surface area contributed by atoms with Crippen LogP contribution in [0.1, 0.15) is 0 Å². The molecule has 80 valence electrons. The minimum Gasteiger partial charge on any atom is -0.0724 e. The summed E-state index contributed by atoms with van der Waals surface area (Å²) in [5, 5.41) is 0. The summed E-state index contributed by atoms with van der Waals surface area (Å²) in [5.74, 6) is 0. The molecule has 13 heavy (non-hydrogen) atoms. The molecule has 0 spiro atoms. The Labute approximate surface area is 91.6 Å². The van der Waals surface area contributed by atoms with Gasteiger partial charge in [-0.25, -0.2) is 0 Å². The van der Waals surface area contributed by atoms with Crippen molar-refractivity contribution in [2.45, 2.75) is 56.3 Å². The quantitative estimate of drug-likeness (QED) is 0.670. The predicted molar refractivity (Wildman–Crippen MR) is 78.2 cm³/mol. The molecule has 0 rings (SSSR count). The van der Waals surface area contributed by atoms with Gasteiger partial charge < -0.3 is 0 Å². The van der Waals surface area contributed by atoms with E-state index in [1.54, 1.807) is 0 Å². The molecule has 0 aliphatic carbocycles. The Morgan fingerprint density at radius 3 is 0.615 bits per heavy atom. The fourth-order valence-corrected chi connectivity index (χ4v) is 36.0. The van der Waals surface area contributed by atoms with Gasteiger partial charge in [-0.05, 0) is 0 Å². The van der Waals surface area contributed by atoms with E-state index in [0.29, 0.717) is 0 Å². The highest BCUT2D eigenvalue weighted by molar-refractivity contribution is 7.12. The molecule has 0 aromatic carbocycles. The highest BCUT2D eigenvalue weighted by atomic mass is 28.5. The molecule has 0 N–H and O–H groups in total. The molecule has 0 aliphatic heterocycles. The molecule has 0 amide bonds. The molecular weight excluding hydrogens is 220 g/mol. The molecule has 4 heteroatoms. The zero-order valence-corrected chi connectivity index (χ0v) is 15.4. The average molecular weight is 249 g/mol. The van der Waals surface area contributed by atoms with Crippen molar-refractivity contribution >= 4 is 35.2 Å². The van der Waals surface area contributed by atoms with Gasteiger partial charge >= 0.3 is 0 Å². The van der Waals surface area contributed by atoms with Crippen LogP contribution in [0.15, 0.2) is 0 Å². The van der Waals surface area contributed by atoms with Crippen molar-refractivity contribution in [3.8, 4) is 0 Å². The monoisotopic (exact) mass is 248 g/mol. The summed E-state index contributed by atoms with van der Waals surface area (Å²) in [4.78, 5) is 0. The Kier molecular flexibility index (Phi) is 5.43. The van der Waals surface area contributed by atoms with Crippen molar-refractivity contribution < 1.29 is 0 Å². The van der Waals surface area contributed by atoms with Gasteiger partial charge in [0, 0.05) is 35.2 Å². The van der Waals surface area contributed by atoms with Crippen molar-refractivity contribution in [1.82, 2.24) is 0 Å². The lowest BCUT2D eigenvalue weighted by Crippen LogP contribution is -2.55. The topological polar surface area (TPSA) is 0 Å². The highest BCUT2D eigenvalue weighted by Gasteiger charge is 2.44. The first-order chi connectivity index (χ1) is 5.77. The zero-order valence-electron chi connectivity index (χ0n) is 10.8. The van der Waals surface area contributed by atoms with Gasteiger partial charge in [-0.1, -0.05) is 56.3 Å². The maximum absolute atomic E-state index is 2.62. The molecular formula is C9H28Si4. The molecule has 0 saturated carbocycles. The second kappa shape index (κ2) is 5.09. The lowest BCUT2D eigenvalue weighted by molar-refractivity contribution is 1.34. The molecule has 0 radical (unpaired) electrons. The fraction of sp³-hybridized carbons (Fsp3) is 1.00. The van der Waals surface area contributed by atoms with Crippen LogP contribution in [0.2, 0.25) is 56.3 Å². The second-order valence-electron chi connectivity index (χ2n) is 5.62. The number of hydrogen-bond acceptors (Lipinski definition) is 0. The van der Waals surface area contributed by atoms with Gasteiger partial charge in [-0.15, -0.1) is 0 Å². The summed E-state index contributed by atoms with van der Waals surface area (Å²) >= 11 is 0. The third-order valence-electron chi connectivity index (χ3n) is 4.00. The molecule has 0 bridgehead atoms. The summed E-state index contributed by atoms with van der Waals surface area (Å²) in [6.07, 6.45) is 0. The molecule has 0 nitrogen and oxygen atoms in total. The van der Waals surface area contributed by atoms with Crippen LogP contribution in [0.3, 0.4) is 0 Å². The van der Waals surface area contributed by atoms with Crippen molar-refractivity contribution in [2.75, 3.05) is 0 Å². The average Bonchev–Trinajstić information content (AvgIpc) is 1.82. The first kappa shape index (κ1) is 13.9. The molecule has 0 aromatic heterocycles. The minimum absolute atomic E-state index is 0.410. The predicted octanol–water partition coefficient (Wildman–Crippen LogP) is 2.29. The van der Waals surface area contributed by atoms with Gasteiger partial charge in [0.05, 0.1) is 0 Å². The molecule has 0 heterocycles. The third-order valence-corrected chi connectivity index (χ3v) is 36.0. The lowest BCUT2D eigenvalue weighted by Gasteiger charge is -2.47. The molecule has 0 aliphatic rings. The number of rotatable bonds is 4. The Morgan fingerprint density at radius 1 is 0.462 bits per heavy atom. The van der Waals surface area contributed by atoms with Crippen LogP contribution in [0, 0.1) is 0 Å². The van der Waals surface area contributed by atoms with E-state index in [9.17, 15) is 0 Å². The van der Waals surface area contributed by atoms with Crippen LogP contribution in [0.5, 0.6) is 0 Å². The van der Waals surface area contributed by atoms with Gasteiger partial charge in [0.15, 0.2) is 0 Å². The van der Waals surface area contributed by atoms with Gasteiger partial charge in [-0.3, -0.25) is 0 Å². The summed E-state index contributed by atoms with van der Waals surface area (Å²) < 4.78 is 1.06. The SMILES string of the molecule is C[SiH](C)C([SiH](C)C)([SiH](C)C)[SiH](C)C. The van der Waals surface area contributed by atoms with E-state index in [1.165, 1.54) is 0 Å². The smallest absolute Gasteiger partial charge is 0.0281 e. The van der Waals surface area contributed by atoms with E-state index < -0.39 is 35.2 Å². The van der Waals surface area contributed by atoms with E-state index in [1.807, 2.05) is 0 Å². The lowest BCUT2D eigenvalue weighted by atomic mass is 11.7. The van der Waals surface area contributed by atoms with E-state index in [2.05, 4.69) is 52.4 Å². The van der Waals surface area contributed by atoms with Crippen molar-refractivity contribution in [3.05, 3.63) is 0 Å². The summed E-state index contributed by atoms with van der Waals surface area (Å²) in [7, 11) is -1.64. The van der Waals surface area contributed by atoms with Gasteiger partial charge in [0.25, 0.3) is 0 Å². The molecule has 0 unspecified atom stereocenters. The minimum atomic E-state index is -0.410. The van der Waals surface area contributed by atoms with Gasteiger partial charge in [0.1, 0.15) is 0 Å². The normalized spacial score (nSPS) is 13.8. The van der Waals surface area contributed by atoms with Crippen LogP contribution in [-0.2, 0) is 0 Å². The summed E-state index contributed by atoms with van der Waals surface area (Å²) in [5.41, 5.74) is 0. The first-order valence-corrected chi connectivity index (χ1v) is 17.3. The molecule has 0 atom stereocenters. The van der Waals surface area contributed by atoms with Crippen LogP contribution >= 0.6 is 0 Å². The van der Waals surface area contributed by atoms with Crippen molar-refractivity contribution in [2.24, 2.45) is 0 Å². The maximum atomic E-state index is 2.62. The van der Waals surface area contributed by atoms with E-state index >= 15 is 0 Å². The fourth-order valence-electron chi connectivity index (χ4n) is 4.00. The van der Waals surface area contributed by atoms with E-state index in [4.69, 9.17) is 0 Å². The maximum Gasteiger partial charge on any atom is 0.0281 e. The highest BCUT2D eigenvalue weighted by Crippen LogP contribution is 2.39. The Balaban J connectivity index is 5.06. The van der Waals surface area contributed by atoms with E-state index in [-0.39, 0.29) is 0 Å². The second-order valence-corrected chi connectivity index (χ2v) is 22.9. The zero-order chi connectivity index (χ0) is 10.8. The van der Waals surface area contributed by atoms with Crippen LogP contribution in [0.4, 0.5) is 0 Å². The summed E-state index contributed by atoms with van der Waals surface area (Å²) in [6.45, 7) is 20.9. The van der Waals surface area contributed by atoms with Gasteiger partial charge in [-0.2, -0.15) is 0 Å². The van der Waals surface area contributed by atoms with Crippen molar-refractivity contribution in [1.29, 1.82) is 0 Å². The Bertz CT molecular complexity index is 114. The first-order valence-electron chi connectivity index (χ1n) is 5.77. The summed E-state index contributed by atoms with van der Waals surface area (Å²) in [6, 6.07) is 0. The molecule has 0 saturated heterocycles. The van der Waals surface area contributed by atoms with Crippen molar-refractivity contribution in [3.63, 3.8) is 0 Å². The number of hydrogen-bond donors (Lipinski definition) is 0. The molecule has 0 fully saturated rings.